The first-order valence-corrected chi connectivity index (χ1v) is 7.07. The normalized spacial score (nSPS) is 10.6. The maximum absolute atomic E-state index is 10.8. The zero-order chi connectivity index (χ0) is 15.4. The van der Waals surface area contributed by atoms with Crippen LogP contribution in [0.4, 0.5) is 0 Å². The van der Waals surface area contributed by atoms with Crippen molar-refractivity contribution in [3.63, 3.8) is 0 Å². The highest BCUT2D eigenvalue weighted by Gasteiger charge is 2.19. The largest absolute Gasteiger partial charge is 0.481 e. The van der Waals surface area contributed by atoms with Crippen LogP contribution in [0.25, 0.3) is 5.69 Å². The van der Waals surface area contributed by atoms with Crippen molar-refractivity contribution >= 4 is 17.6 Å². The van der Waals surface area contributed by atoms with Gasteiger partial charge in [-0.2, -0.15) is 5.10 Å². The number of aliphatic carboxylic acids is 1. The van der Waals surface area contributed by atoms with Gasteiger partial charge in [0.05, 0.1) is 18.5 Å². The Kier molecular flexibility index (Phi) is 4.85. The van der Waals surface area contributed by atoms with E-state index in [1.54, 1.807) is 23.9 Å². The quantitative estimate of drug-likeness (QED) is 0.890. The Bertz CT molecular complexity index is 652. The molecule has 5 nitrogen and oxygen atoms in total. The molecule has 0 radical (unpaired) electrons. The molecule has 0 saturated heterocycles. The Hall–Kier alpha value is -2.01. The van der Waals surface area contributed by atoms with Crippen molar-refractivity contribution in [1.82, 2.24) is 9.78 Å². The van der Waals surface area contributed by atoms with Gasteiger partial charge in [-0.1, -0.05) is 24.6 Å². The van der Waals surface area contributed by atoms with Gasteiger partial charge >= 0.3 is 5.97 Å². The molecule has 0 spiro atoms. The third-order valence-electron chi connectivity index (χ3n) is 3.19. The van der Waals surface area contributed by atoms with Crippen LogP contribution in [-0.4, -0.2) is 28.0 Å². The van der Waals surface area contributed by atoms with Gasteiger partial charge in [-0.3, -0.25) is 4.79 Å². The smallest absolute Gasteiger partial charge is 0.303 e. The van der Waals surface area contributed by atoms with Crippen molar-refractivity contribution in [3.8, 4) is 11.6 Å². The molecule has 1 aromatic carbocycles. The average molecular weight is 309 g/mol. The molecule has 1 heterocycles. The van der Waals surface area contributed by atoms with Crippen LogP contribution in [0.1, 0.15) is 24.6 Å². The van der Waals surface area contributed by atoms with Gasteiger partial charge in [-0.25, -0.2) is 4.68 Å². The first kappa shape index (κ1) is 15.4. The maximum atomic E-state index is 10.8. The molecule has 2 rings (SSSR count). The van der Waals surface area contributed by atoms with Crippen LogP contribution < -0.4 is 4.74 Å². The Labute approximate surface area is 128 Å². The fraction of sp³-hybridized carbons (Fsp3) is 0.333. The van der Waals surface area contributed by atoms with E-state index in [-0.39, 0.29) is 6.42 Å². The summed E-state index contributed by atoms with van der Waals surface area (Å²) in [5, 5.41) is 14.0. The Morgan fingerprint density at radius 1 is 1.48 bits per heavy atom. The van der Waals surface area contributed by atoms with E-state index in [0.29, 0.717) is 23.7 Å². The number of hydrogen-bond donors (Lipinski definition) is 1. The molecule has 0 aliphatic rings. The summed E-state index contributed by atoms with van der Waals surface area (Å²) in [7, 11) is 1.56. The third-order valence-corrected chi connectivity index (χ3v) is 3.42. The minimum Gasteiger partial charge on any atom is -0.481 e. The standard InChI is InChI=1S/C15H17ClN2O3/c1-3-13-12(7-8-14(19)20)15(21-2)18(17-13)11-6-4-5-10(16)9-11/h4-6,9H,3,7-8H2,1-2H3,(H,19,20). The van der Waals surface area contributed by atoms with Gasteiger partial charge in [-0.05, 0) is 31.0 Å². The molecule has 6 heteroatoms. The number of carboxylic acid groups (broad SMARTS) is 1. The Balaban J connectivity index is 2.49. The minimum atomic E-state index is -0.838. The van der Waals surface area contributed by atoms with Crippen LogP contribution in [-0.2, 0) is 17.6 Å². The van der Waals surface area contributed by atoms with Crippen molar-refractivity contribution < 1.29 is 14.6 Å². The van der Waals surface area contributed by atoms with E-state index >= 15 is 0 Å². The van der Waals surface area contributed by atoms with Crippen LogP contribution in [0.15, 0.2) is 24.3 Å². The number of halogens is 1. The van der Waals surface area contributed by atoms with Gasteiger partial charge in [0.25, 0.3) is 0 Å². The van der Waals surface area contributed by atoms with Crippen LogP contribution in [0.5, 0.6) is 5.88 Å². The van der Waals surface area contributed by atoms with Crippen LogP contribution in [0, 0.1) is 0 Å². The summed E-state index contributed by atoms with van der Waals surface area (Å²) >= 11 is 6.01. The SMILES string of the molecule is CCc1nn(-c2cccc(Cl)c2)c(OC)c1CCC(=O)O. The molecule has 112 valence electrons. The van der Waals surface area contributed by atoms with Gasteiger partial charge in [0.1, 0.15) is 0 Å². The van der Waals surface area contributed by atoms with Gasteiger partial charge < -0.3 is 9.84 Å². The molecule has 0 aliphatic heterocycles. The summed E-state index contributed by atoms with van der Waals surface area (Å²) < 4.78 is 7.12. The van der Waals surface area contributed by atoms with Crippen LogP contribution >= 0.6 is 11.6 Å². The number of aryl methyl sites for hydroxylation is 1. The number of hydrogen-bond acceptors (Lipinski definition) is 3. The van der Waals surface area contributed by atoms with Crippen molar-refractivity contribution in [1.29, 1.82) is 0 Å². The molecule has 1 N–H and O–H groups in total. The predicted octanol–water partition coefficient (Wildman–Crippen LogP) is 3.11. The van der Waals surface area contributed by atoms with Crippen molar-refractivity contribution in [2.24, 2.45) is 0 Å². The summed E-state index contributed by atoms with van der Waals surface area (Å²) in [6.07, 6.45) is 1.14. The summed E-state index contributed by atoms with van der Waals surface area (Å²) in [4.78, 5) is 10.8. The molecule has 0 saturated carbocycles. The first-order chi connectivity index (χ1) is 10.1. The fourth-order valence-electron chi connectivity index (χ4n) is 2.24. The van der Waals surface area contributed by atoms with Gasteiger partial charge in [0.2, 0.25) is 5.88 Å². The summed E-state index contributed by atoms with van der Waals surface area (Å²) in [6.45, 7) is 1.98. The molecule has 0 unspecified atom stereocenters. The molecule has 21 heavy (non-hydrogen) atoms. The van der Waals surface area contributed by atoms with Crippen LogP contribution in [0.2, 0.25) is 5.02 Å². The van der Waals surface area contributed by atoms with Crippen molar-refractivity contribution in [2.45, 2.75) is 26.2 Å². The summed E-state index contributed by atoms with van der Waals surface area (Å²) in [5.74, 6) is -0.273. The predicted molar refractivity (Wildman–Crippen MR) is 80.5 cm³/mol. The molecular formula is C15H17ClN2O3. The molecule has 0 amide bonds. The Morgan fingerprint density at radius 2 is 2.24 bits per heavy atom. The van der Waals surface area contributed by atoms with E-state index in [9.17, 15) is 4.79 Å². The van der Waals surface area contributed by atoms with Gasteiger partial charge in [0.15, 0.2) is 0 Å². The van der Waals surface area contributed by atoms with Crippen LogP contribution in [0.3, 0.4) is 0 Å². The lowest BCUT2D eigenvalue weighted by Crippen LogP contribution is -2.02. The summed E-state index contributed by atoms with van der Waals surface area (Å²) in [6, 6.07) is 7.29. The Morgan fingerprint density at radius 3 is 2.81 bits per heavy atom. The number of methoxy groups -OCH3 is 1. The second kappa shape index (κ2) is 6.63. The zero-order valence-corrected chi connectivity index (χ0v) is 12.7. The number of carboxylic acids is 1. The second-order valence-electron chi connectivity index (χ2n) is 4.57. The van der Waals surface area contributed by atoms with E-state index in [4.69, 9.17) is 21.4 Å². The zero-order valence-electron chi connectivity index (χ0n) is 12.0. The lowest BCUT2D eigenvalue weighted by atomic mass is 10.1. The topological polar surface area (TPSA) is 64.4 Å². The molecule has 1 aromatic heterocycles. The summed E-state index contributed by atoms with van der Waals surface area (Å²) in [5.41, 5.74) is 2.46. The monoisotopic (exact) mass is 308 g/mol. The first-order valence-electron chi connectivity index (χ1n) is 6.69. The fourth-order valence-corrected chi connectivity index (χ4v) is 2.42. The minimum absolute atomic E-state index is 0.0462. The number of benzene rings is 1. The second-order valence-corrected chi connectivity index (χ2v) is 5.01. The molecular weight excluding hydrogens is 292 g/mol. The highest BCUT2D eigenvalue weighted by Crippen LogP contribution is 2.28. The maximum Gasteiger partial charge on any atom is 0.303 e. The van der Waals surface area contributed by atoms with E-state index in [0.717, 1.165) is 16.9 Å². The lowest BCUT2D eigenvalue weighted by Gasteiger charge is -2.08. The highest BCUT2D eigenvalue weighted by atomic mass is 35.5. The van der Waals surface area contributed by atoms with Crippen molar-refractivity contribution in [3.05, 3.63) is 40.5 Å². The van der Waals surface area contributed by atoms with E-state index < -0.39 is 5.97 Å². The van der Waals surface area contributed by atoms with E-state index in [1.807, 2.05) is 19.1 Å². The van der Waals surface area contributed by atoms with E-state index in [2.05, 4.69) is 5.10 Å². The lowest BCUT2D eigenvalue weighted by molar-refractivity contribution is -0.136. The third kappa shape index (κ3) is 3.36. The molecule has 0 aliphatic carbocycles. The number of rotatable bonds is 6. The molecule has 0 fully saturated rings. The van der Waals surface area contributed by atoms with Gasteiger partial charge in [0, 0.05) is 17.0 Å². The number of ether oxygens (including phenoxy) is 1. The molecule has 0 atom stereocenters. The average Bonchev–Trinajstić information content (AvgIpc) is 2.82. The number of carbonyl (C=O) groups is 1. The number of nitrogens with zero attached hydrogens (tertiary/aromatic N) is 2. The number of aromatic nitrogens is 2. The highest BCUT2D eigenvalue weighted by molar-refractivity contribution is 6.30. The molecule has 0 bridgehead atoms. The van der Waals surface area contributed by atoms with Gasteiger partial charge in [-0.15, -0.1) is 0 Å². The van der Waals surface area contributed by atoms with E-state index in [1.165, 1.54) is 0 Å². The van der Waals surface area contributed by atoms with Crippen molar-refractivity contribution in [2.75, 3.05) is 7.11 Å². The molecule has 2 aromatic rings.